The number of Topliss-reactive ketones (excluding diaryl/α,β-unsaturated/α-hetero) is 1. The van der Waals surface area contributed by atoms with Crippen LogP contribution in [0.2, 0.25) is 5.02 Å². The van der Waals surface area contributed by atoms with Crippen LogP contribution in [0.3, 0.4) is 0 Å². The molecule has 0 spiro atoms. The SMILES string of the molecule is Nc1nc2c(-c3c(Cl)cc4c(NCCC5CCN(C(=O)n6cncn6)CC5=O)nc(OC[C@@]56CCCN5C[C@H](F)C6)nc4c3F)ccc(F)c2s1. The number of amides is 1. The molecule has 51 heavy (non-hydrogen) atoms. The third kappa shape index (κ3) is 6.10. The summed E-state index contributed by atoms with van der Waals surface area (Å²) in [5.41, 5.74) is 5.66. The number of piperidine rings is 1. The molecule has 3 aromatic heterocycles. The Morgan fingerprint density at radius 3 is 2.86 bits per heavy atom. The van der Waals surface area contributed by atoms with Gasteiger partial charge in [0.05, 0.1) is 27.3 Å². The molecule has 0 bridgehead atoms. The molecule has 1 amide bonds. The third-order valence-corrected chi connectivity index (χ3v) is 11.3. The van der Waals surface area contributed by atoms with E-state index in [-0.39, 0.29) is 85.6 Å². The molecule has 3 N–H and O–H groups in total. The summed E-state index contributed by atoms with van der Waals surface area (Å²) in [6, 6.07) is 3.59. The van der Waals surface area contributed by atoms with Gasteiger partial charge in [-0.3, -0.25) is 9.69 Å². The van der Waals surface area contributed by atoms with E-state index in [0.717, 1.165) is 35.4 Å². The van der Waals surface area contributed by atoms with Crippen LogP contribution in [0.4, 0.5) is 28.9 Å². The average Bonchev–Trinajstić information content (AvgIpc) is 3.90. The van der Waals surface area contributed by atoms with Crippen LogP contribution in [0.15, 0.2) is 30.9 Å². The number of carbonyl (C=O) groups excluding carboxylic acids is 2. The first kappa shape index (κ1) is 33.5. The van der Waals surface area contributed by atoms with Crippen molar-refractivity contribution in [3.05, 3.63) is 47.5 Å². The lowest BCUT2D eigenvalue weighted by molar-refractivity contribution is -0.125. The predicted octanol–water partition coefficient (Wildman–Crippen LogP) is 5.33. The molecule has 3 aliphatic rings. The van der Waals surface area contributed by atoms with E-state index in [1.807, 2.05) is 0 Å². The molecule has 0 aliphatic carbocycles. The Balaban J connectivity index is 1.09. The standard InChI is InChI=1S/C33H32ClF3N10O3S/c34-21-10-20-26(25(37)24(21)19-2-3-22(36)28-27(19)42-30(38)51-28)43-31(50-14-33-6-1-8-46(33)12-18(35)11-33)44-29(20)40-7-4-17-5-9-45(13-23(17)48)32(49)47-16-39-15-41-47/h2-3,10,15-18H,1,4-9,11-14H2,(H2,38,42)(H,40,43,44)/t17?,18-,33+/m1/s1. The Labute approximate surface area is 298 Å². The fourth-order valence-corrected chi connectivity index (χ4v) is 8.67. The summed E-state index contributed by atoms with van der Waals surface area (Å²) in [5, 5.41) is 7.47. The van der Waals surface area contributed by atoms with Gasteiger partial charge in [0, 0.05) is 48.5 Å². The number of aromatic nitrogens is 6. The van der Waals surface area contributed by atoms with Gasteiger partial charge in [0.2, 0.25) is 0 Å². The third-order valence-electron chi connectivity index (χ3n) is 10.1. The fraction of sp³-hybridized carbons (Fsp3) is 0.424. The highest BCUT2D eigenvalue weighted by molar-refractivity contribution is 7.22. The molecule has 13 nitrogen and oxygen atoms in total. The Bertz CT molecular complexity index is 2170. The number of fused-ring (bicyclic) bond motifs is 3. The van der Waals surface area contributed by atoms with Crippen LogP contribution in [0, 0.1) is 17.6 Å². The fourth-order valence-electron chi connectivity index (χ4n) is 7.62. The summed E-state index contributed by atoms with van der Waals surface area (Å²) in [6.45, 7) is 1.82. The van der Waals surface area contributed by atoms with Crippen LogP contribution < -0.4 is 15.8 Å². The molecule has 6 heterocycles. The summed E-state index contributed by atoms with van der Waals surface area (Å²) in [5.74, 6) is -1.53. The van der Waals surface area contributed by atoms with Crippen molar-refractivity contribution in [2.24, 2.45) is 5.92 Å². The second-order valence-electron chi connectivity index (χ2n) is 13.2. The molecule has 1 unspecified atom stereocenters. The van der Waals surface area contributed by atoms with E-state index < -0.39 is 29.4 Å². The first-order valence-electron chi connectivity index (χ1n) is 16.6. The summed E-state index contributed by atoms with van der Waals surface area (Å²) in [7, 11) is 0. The molecule has 3 aliphatic heterocycles. The van der Waals surface area contributed by atoms with Crippen LogP contribution >= 0.6 is 22.9 Å². The first-order chi connectivity index (χ1) is 24.6. The second-order valence-corrected chi connectivity index (χ2v) is 14.6. The number of ketones is 1. The van der Waals surface area contributed by atoms with Crippen molar-refractivity contribution in [2.45, 2.75) is 43.8 Å². The van der Waals surface area contributed by atoms with Gasteiger partial charge in [0.1, 0.15) is 42.6 Å². The van der Waals surface area contributed by atoms with E-state index >= 15 is 4.39 Å². The van der Waals surface area contributed by atoms with E-state index in [2.05, 4.69) is 35.3 Å². The number of anilines is 2. The second kappa shape index (κ2) is 13.2. The molecule has 0 radical (unpaired) electrons. The number of hydrogen-bond acceptors (Lipinski definition) is 12. The molecule has 3 atom stereocenters. The number of ether oxygens (including phenoxy) is 1. The highest BCUT2D eigenvalue weighted by Crippen LogP contribution is 2.43. The largest absolute Gasteiger partial charge is 0.461 e. The van der Waals surface area contributed by atoms with Gasteiger partial charge in [0.15, 0.2) is 16.7 Å². The van der Waals surface area contributed by atoms with Gasteiger partial charge >= 0.3 is 12.0 Å². The van der Waals surface area contributed by atoms with E-state index in [9.17, 15) is 18.4 Å². The molecule has 8 rings (SSSR count). The number of nitrogens with zero attached hydrogens (tertiary/aromatic N) is 8. The Hall–Kier alpha value is -4.61. The lowest BCUT2D eigenvalue weighted by Crippen LogP contribution is -2.46. The van der Waals surface area contributed by atoms with Crippen molar-refractivity contribution in [3.8, 4) is 17.1 Å². The van der Waals surface area contributed by atoms with Crippen LogP contribution in [0.25, 0.3) is 32.2 Å². The quantitative estimate of drug-likeness (QED) is 0.212. The normalized spacial score (nSPS) is 22.3. The van der Waals surface area contributed by atoms with Crippen molar-refractivity contribution in [1.82, 2.24) is 39.5 Å². The zero-order valence-corrected chi connectivity index (χ0v) is 28.7. The van der Waals surface area contributed by atoms with Gasteiger partial charge in [-0.25, -0.2) is 27.9 Å². The monoisotopic (exact) mass is 740 g/mol. The minimum absolute atomic E-state index is 0.0137. The maximum atomic E-state index is 16.7. The van der Waals surface area contributed by atoms with Gasteiger partial charge in [-0.15, -0.1) is 0 Å². The Morgan fingerprint density at radius 1 is 1.20 bits per heavy atom. The van der Waals surface area contributed by atoms with Crippen LogP contribution in [0.1, 0.15) is 32.1 Å². The van der Waals surface area contributed by atoms with Crippen molar-refractivity contribution in [3.63, 3.8) is 0 Å². The van der Waals surface area contributed by atoms with Crippen molar-refractivity contribution < 1.29 is 27.5 Å². The van der Waals surface area contributed by atoms with Gasteiger partial charge in [0.25, 0.3) is 0 Å². The highest BCUT2D eigenvalue weighted by Gasteiger charge is 2.49. The lowest BCUT2D eigenvalue weighted by Gasteiger charge is -2.31. The number of alkyl halides is 1. The number of halogens is 4. The minimum Gasteiger partial charge on any atom is -0.461 e. The van der Waals surface area contributed by atoms with E-state index in [1.54, 1.807) is 0 Å². The number of benzene rings is 2. The van der Waals surface area contributed by atoms with Gasteiger partial charge < -0.3 is 20.7 Å². The maximum Gasteiger partial charge on any atom is 0.346 e. The molecule has 3 fully saturated rings. The van der Waals surface area contributed by atoms with Crippen LogP contribution in [-0.4, -0.2) is 102 Å². The van der Waals surface area contributed by atoms with Crippen LogP contribution in [0.5, 0.6) is 6.01 Å². The zero-order valence-electron chi connectivity index (χ0n) is 27.1. The van der Waals surface area contributed by atoms with E-state index in [1.165, 1.54) is 35.8 Å². The number of likely N-dealkylation sites (tertiary alicyclic amines) is 1. The molecule has 0 saturated carbocycles. The topological polar surface area (TPSA) is 157 Å². The number of hydrogen-bond donors (Lipinski definition) is 2. The number of rotatable bonds is 8. The summed E-state index contributed by atoms with van der Waals surface area (Å²) < 4.78 is 53.3. The number of nitrogens with two attached hydrogens (primary N) is 1. The molecule has 2 aromatic carbocycles. The summed E-state index contributed by atoms with van der Waals surface area (Å²) in [6.07, 6.45) is 4.44. The molecule has 18 heteroatoms. The first-order valence-corrected chi connectivity index (χ1v) is 17.8. The summed E-state index contributed by atoms with van der Waals surface area (Å²) in [4.78, 5) is 46.3. The van der Waals surface area contributed by atoms with Gasteiger partial charge in [-0.1, -0.05) is 22.9 Å². The summed E-state index contributed by atoms with van der Waals surface area (Å²) >= 11 is 7.69. The molecular formula is C33H32ClF3N10O3S. The van der Waals surface area contributed by atoms with Gasteiger partial charge in [-0.2, -0.15) is 19.7 Å². The zero-order chi connectivity index (χ0) is 35.4. The number of thiazole rings is 1. The van der Waals surface area contributed by atoms with Crippen molar-refractivity contribution in [1.29, 1.82) is 0 Å². The predicted molar refractivity (Wildman–Crippen MR) is 185 cm³/mol. The van der Waals surface area contributed by atoms with Crippen LogP contribution in [-0.2, 0) is 4.79 Å². The van der Waals surface area contributed by atoms with Crippen molar-refractivity contribution in [2.75, 3.05) is 50.4 Å². The number of nitrogens with one attached hydrogen (secondary N) is 1. The minimum atomic E-state index is -0.964. The highest BCUT2D eigenvalue weighted by atomic mass is 35.5. The van der Waals surface area contributed by atoms with E-state index in [0.29, 0.717) is 32.4 Å². The smallest absolute Gasteiger partial charge is 0.346 e. The molecule has 3 saturated heterocycles. The lowest BCUT2D eigenvalue weighted by atomic mass is 9.92. The van der Waals surface area contributed by atoms with E-state index in [4.69, 9.17) is 22.1 Å². The average molecular weight is 741 g/mol. The molecule has 266 valence electrons. The Morgan fingerprint density at radius 2 is 2.06 bits per heavy atom. The Kier molecular flexibility index (Phi) is 8.66. The molecular weight excluding hydrogens is 709 g/mol. The maximum absolute atomic E-state index is 16.7. The van der Waals surface area contributed by atoms with Gasteiger partial charge in [-0.05, 0) is 50.4 Å². The number of carbonyl (C=O) groups is 2. The number of nitrogen functional groups attached to an aromatic ring is 1. The van der Waals surface area contributed by atoms with Crippen molar-refractivity contribution >= 4 is 66.8 Å². The molecule has 5 aromatic rings.